The number of carbonyl (C=O) groups excluding carboxylic acids is 1. The smallest absolute Gasteiger partial charge is 0.261 e. The zero-order chi connectivity index (χ0) is 14.5. The second-order valence-corrected chi connectivity index (χ2v) is 3.90. The summed E-state index contributed by atoms with van der Waals surface area (Å²) < 4.78 is 31.3. The fraction of sp³-hybridized carbons (Fsp3) is 0.143. The van der Waals surface area contributed by atoms with Gasteiger partial charge in [-0.15, -0.1) is 0 Å². The van der Waals surface area contributed by atoms with Crippen LogP contribution in [0.3, 0.4) is 0 Å². The Labute approximate surface area is 114 Å². The maximum atomic E-state index is 13.1. The summed E-state index contributed by atoms with van der Waals surface area (Å²) in [7, 11) is 0. The Bertz CT molecular complexity index is 612. The molecule has 1 amide bonds. The number of hydrogen-bond donors (Lipinski definition) is 1. The van der Waals surface area contributed by atoms with Gasteiger partial charge in [0.25, 0.3) is 5.91 Å². The Kier molecular flexibility index (Phi) is 4.24. The number of nitrogens with zero attached hydrogens (tertiary/aromatic N) is 1. The minimum atomic E-state index is -0.767. The standard InChI is InChI=1S/C14H12F2N2O2/c1-2-20-14-12(4-3-5-17-14)13(19)18-11-7-9(15)6-10(16)8-11/h3-8H,2H2,1H3,(H,18,19). The number of halogens is 2. The summed E-state index contributed by atoms with van der Waals surface area (Å²) in [6, 6.07) is 5.87. The number of carbonyl (C=O) groups is 1. The molecule has 0 saturated carbocycles. The van der Waals surface area contributed by atoms with Crippen molar-refractivity contribution in [2.45, 2.75) is 6.92 Å². The number of ether oxygens (including phenoxy) is 1. The van der Waals surface area contributed by atoms with Crippen LogP contribution in [0.1, 0.15) is 17.3 Å². The molecule has 1 N–H and O–H groups in total. The molecule has 2 aromatic rings. The highest BCUT2D eigenvalue weighted by atomic mass is 19.1. The van der Waals surface area contributed by atoms with Crippen LogP contribution in [0.5, 0.6) is 5.88 Å². The van der Waals surface area contributed by atoms with Crippen LogP contribution in [0.15, 0.2) is 36.5 Å². The quantitative estimate of drug-likeness (QED) is 0.935. The van der Waals surface area contributed by atoms with E-state index >= 15 is 0 Å². The number of amides is 1. The molecule has 4 nitrogen and oxygen atoms in total. The van der Waals surface area contributed by atoms with Crippen molar-refractivity contribution in [1.82, 2.24) is 4.98 Å². The van der Waals surface area contributed by atoms with E-state index in [1.807, 2.05) is 0 Å². The lowest BCUT2D eigenvalue weighted by molar-refractivity contribution is 0.102. The predicted octanol–water partition coefficient (Wildman–Crippen LogP) is 3.01. The first-order valence-corrected chi connectivity index (χ1v) is 5.95. The lowest BCUT2D eigenvalue weighted by Crippen LogP contribution is -2.14. The summed E-state index contributed by atoms with van der Waals surface area (Å²) in [5, 5.41) is 2.40. The SMILES string of the molecule is CCOc1ncccc1C(=O)Nc1cc(F)cc(F)c1. The van der Waals surface area contributed by atoms with Crippen molar-refractivity contribution in [2.75, 3.05) is 11.9 Å². The molecule has 0 atom stereocenters. The van der Waals surface area contributed by atoms with Crippen LogP contribution < -0.4 is 10.1 Å². The van der Waals surface area contributed by atoms with Crippen molar-refractivity contribution >= 4 is 11.6 Å². The lowest BCUT2D eigenvalue weighted by atomic mass is 10.2. The Hall–Kier alpha value is -2.50. The monoisotopic (exact) mass is 278 g/mol. The number of pyridine rings is 1. The molecule has 1 aromatic carbocycles. The number of benzene rings is 1. The van der Waals surface area contributed by atoms with Gasteiger partial charge in [0.2, 0.25) is 5.88 Å². The van der Waals surface area contributed by atoms with E-state index in [-0.39, 0.29) is 17.1 Å². The van der Waals surface area contributed by atoms with Gasteiger partial charge < -0.3 is 10.1 Å². The number of aromatic nitrogens is 1. The van der Waals surface area contributed by atoms with Crippen LogP contribution in [0.25, 0.3) is 0 Å². The molecule has 0 bridgehead atoms. The van der Waals surface area contributed by atoms with Crippen molar-refractivity contribution in [3.8, 4) is 5.88 Å². The van der Waals surface area contributed by atoms with Crippen molar-refractivity contribution in [3.63, 3.8) is 0 Å². The van der Waals surface area contributed by atoms with Crippen molar-refractivity contribution < 1.29 is 18.3 Å². The van der Waals surface area contributed by atoms with Gasteiger partial charge in [0.1, 0.15) is 17.2 Å². The Morgan fingerprint density at radius 2 is 2.00 bits per heavy atom. The molecule has 1 heterocycles. The van der Waals surface area contributed by atoms with Crippen molar-refractivity contribution in [2.24, 2.45) is 0 Å². The van der Waals surface area contributed by atoms with E-state index in [1.54, 1.807) is 13.0 Å². The zero-order valence-electron chi connectivity index (χ0n) is 10.7. The summed E-state index contributed by atoms with van der Waals surface area (Å²) in [6.45, 7) is 2.12. The third kappa shape index (κ3) is 3.28. The highest BCUT2D eigenvalue weighted by Gasteiger charge is 2.14. The van der Waals surface area contributed by atoms with Crippen LogP contribution in [-0.4, -0.2) is 17.5 Å². The Balaban J connectivity index is 2.23. The van der Waals surface area contributed by atoms with Gasteiger partial charge in [-0.2, -0.15) is 0 Å². The number of rotatable bonds is 4. The summed E-state index contributed by atoms with van der Waals surface area (Å²) >= 11 is 0. The number of hydrogen-bond acceptors (Lipinski definition) is 3. The van der Waals surface area contributed by atoms with Crippen LogP contribution in [-0.2, 0) is 0 Å². The van der Waals surface area contributed by atoms with E-state index in [9.17, 15) is 13.6 Å². The summed E-state index contributed by atoms with van der Waals surface area (Å²) in [5.74, 6) is -1.91. The van der Waals surface area contributed by atoms with E-state index in [2.05, 4.69) is 10.3 Å². The molecule has 0 unspecified atom stereocenters. The highest BCUT2D eigenvalue weighted by molar-refractivity contribution is 6.05. The first-order chi connectivity index (χ1) is 9.60. The van der Waals surface area contributed by atoms with E-state index < -0.39 is 17.5 Å². The van der Waals surface area contributed by atoms with Gasteiger partial charge in [-0.3, -0.25) is 4.79 Å². The summed E-state index contributed by atoms with van der Waals surface area (Å²) in [6.07, 6.45) is 1.49. The van der Waals surface area contributed by atoms with Gasteiger partial charge in [0.05, 0.1) is 6.61 Å². The summed E-state index contributed by atoms with van der Waals surface area (Å²) in [4.78, 5) is 16.0. The maximum absolute atomic E-state index is 13.1. The molecule has 0 fully saturated rings. The first-order valence-electron chi connectivity index (χ1n) is 5.95. The second-order valence-electron chi connectivity index (χ2n) is 3.90. The minimum absolute atomic E-state index is 0.0267. The molecule has 104 valence electrons. The molecule has 0 spiro atoms. The van der Waals surface area contributed by atoms with Crippen LogP contribution in [0.4, 0.5) is 14.5 Å². The van der Waals surface area contributed by atoms with Gasteiger partial charge >= 0.3 is 0 Å². The van der Waals surface area contributed by atoms with Crippen LogP contribution in [0, 0.1) is 11.6 Å². The molecular formula is C14H12F2N2O2. The first kappa shape index (κ1) is 13.9. The third-order valence-electron chi connectivity index (χ3n) is 2.42. The second kappa shape index (κ2) is 6.10. The van der Waals surface area contributed by atoms with E-state index in [0.29, 0.717) is 6.61 Å². The maximum Gasteiger partial charge on any atom is 0.261 e. The normalized spacial score (nSPS) is 10.2. The van der Waals surface area contributed by atoms with Gasteiger partial charge in [0.15, 0.2) is 0 Å². The van der Waals surface area contributed by atoms with Crippen LogP contribution >= 0.6 is 0 Å². The topological polar surface area (TPSA) is 51.2 Å². The fourth-order valence-electron chi connectivity index (χ4n) is 1.64. The molecule has 6 heteroatoms. The molecule has 2 rings (SSSR count). The molecule has 0 aliphatic rings. The molecular weight excluding hydrogens is 266 g/mol. The average Bonchev–Trinajstić information content (AvgIpc) is 2.38. The Morgan fingerprint density at radius 1 is 1.30 bits per heavy atom. The molecule has 0 aliphatic heterocycles. The lowest BCUT2D eigenvalue weighted by Gasteiger charge is -2.09. The number of anilines is 1. The van der Waals surface area contributed by atoms with Crippen LogP contribution in [0.2, 0.25) is 0 Å². The van der Waals surface area contributed by atoms with Crippen molar-refractivity contribution in [3.05, 3.63) is 53.7 Å². The van der Waals surface area contributed by atoms with E-state index in [4.69, 9.17) is 4.74 Å². The van der Waals surface area contributed by atoms with Gasteiger partial charge in [-0.1, -0.05) is 0 Å². The zero-order valence-corrected chi connectivity index (χ0v) is 10.7. The Morgan fingerprint density at radius 3 is 2.65 bits per heavy atom. The average molecular weight is 278 g/mol. The molecule has 1 aromatic heterocycles. The largest absolute Gasteiger partial charge is 0.477 e. The molecule has 0 saturated heterocycles. The molecule has 0 radical (unpaired) electrons. The molecule has 0 aliphatic carbocycles. The number of nitrogens with one attached hydrogen (secondary N) is 1. The highest BCUT2D eigenvalue weighted by Crippen LogP contribution is 2.18. The predicted molar refractivity (Wildman–Crippen MR) is 69.7 cm³/mol. The fourth-order valence-corrected chi connectivity index (χ4v) is 1.64. The summed E-state index contributed by atoms with van der Waals surface area (Å²) in [5.41, 5.74) is 0.220. The molecule has 20 heavy (non-hydrogen) atoms. The third-order valence-corrected chi connectivity index (χ3v) is 2.42. The van der Waals surface area contributed by atoms with Crippen molar-refractivity contribution in [1.29, 1.82) is 0 Å². The minimum Gasteiger partial charge on any atom is -0.477 e. The van der Waals surface area contributed by atoms with Gasteiger partial charge in [-0.05, 0) is 31.2 Å². The van der Waals surface area contributed by atoms with E-state index in [0.717, 1.165) is 18.2 Å². The van der Waals surface area contributed by atoms with E-state index in [1.165, 1.54) is 12.3 Å². The van der Waals surface area contributed by atoms with Gasteiger partial charge in [-0.25, -0.2) is 13.8 Å². The van der Waals surface area contributed by atoms with Gasteiger partial charge in [0, 0.05) is 18.0 Å².